The van der Waals surface area contributed by atoms with Crippen LogP contribution < -0.4 is 4.90 Å². The third-order valence-electron chi connectivity index (χ3n) is 5.58. The number of para-hydroxylation sites is 1. The third kappa shape index (κ3) is 3.06. The van der Waals surface area contributed by atoms with E-state index in [1.54, 1.807) is 6.07 Å². The van der Waals surface area contributed by atoms with Crippen LogP contribution in [-0.2, 0) is 0 Å². The van der Waals surface area contributed by atoms with E-state index in [1.165, 1.54) is 32.0 Å². The summed E-state index contributed by atoms with van der Waals surface area (Å²) in [5.74, 6) is 0. The molecule has 0 aliphatic carbocycles. The molecule has 25 heavy (non-hydrogen) atoms. The Bertz CT molecular complexity index is 793. The smallest absolute Gasteiger partial charge is 0.295 e. The Morgan fingerprint density at radius 1 is 1.16 bits per heavy atom. The highest BCUT2D eigenvalue weighted by Gasteiger charge is 2.27. The molecule has 0 amide bonds. The van der Waals surface area contributed by atoms with Gasteiger partial charge in [0.05, 0.1) is 4.92 Å². The second kappa shape index (κ2) is 6.59. The summed E-state index contributed by atoms with van der Waals surface area (Å²) >= 11 is 0. The monoisotopic (exact) mass is 340 g/mol. The van der Waals surface area contributed by atoms with Crippen LogP contribution in [0.2, 0.25) is 0 Å². The standard InChI is InChI=1S/C19H24N4O2/c1-14-13-18(16-5-4-6-17(23(24)25)19(16)20-14)22-11-7-15(8-12-22)21-9-2-3-10-21/h4-6,13,15H,2-3,7-12H2,1H3. The molecule has 1 aromatic heterocycles. The number of nitro benzene ring substituents is 1. The molecule has 6 nitrogen and oxygen atoms in total. The van der Waals surface area contributed by atoms with Gasteiger partial charge in [0.1, 0.15) is 0 Å². The van der Waals surface area contributed by atoms with Crippen LogP contribution in [0.25, 0.3) is 10.9 Å². The van der Waals surface area contributed by atoms with Crippen molar-refractivity contribution in [3.05, 3.63) is 40.1 Å². The molecule has 0 N–H and O–H groups in total. The first-order valence-electron chi connectivity index (χ1n) is 9.17. The topological polar surface area (TPSA) is 62.5 Å². The van der Waals surface area contributed by atoms with Gasteiger partial charge >= 0.3 is 0 Å². The minimum atomic E-state index is -0.335. The van der Waals surface area contributed by atoms with Crippen LogP contribution in [0.3, 0.4) is 0 Å². The minimum absolute atomic E-state index is 0.0920. The van der Waals surface area contributed by atoms with Crippen LogP contribution in [0.1, 0.15) is 31.4 Å². The fourth-order valence-electron chi connectivity index (χ4n) is 4.33. The lowest BCUT2D eigenvalue weighted by molar-refractivity contribution is -0.383. The maximum atomic E-state index is 11.4. The Kier molecular flexibility index (Phi) is 4.29. The molecule has 0 atom stereocenters. The molecule has 0 saturated carbocycles. The van der Waals surface area contributed by atoms with E-state index >= 15 is 0 Å². The molecule has 0 radical (unpaired) electrons. The number of aryl methyl sites for hydroxylation is 1. The predicted molar refractivity (Wildman–Crippen MR) is 99.2 cm³/mol. The molecule has 132 valence electrons. The molecule has 6 heteroatoms. The summed E-state index contributed by atoms with van der Waals surface area (Å²) in [5, 5.41) is 12.2. The maximum absolute atomic E-state index is 11.4. The lowest BCUT2D eigenvalue weighted by Gasteiger charge is -2.38. The summed E-state index contributed by atoms with van der Waals surface area (Å²) in [7, 11) is 0. The number of nitro groups is 1. The van der Waals surface area contributed by atoms with E-state index in [0.717, 1.165) is 42.7 Å². The van der Waals surface area contributed by atoms with Gasteiger partial charge in [-0.2, -0.15) is 0 Å². The number of nitrogens with zero attached hydrogens (tertiary/aromatic N) is 4. The molecule has 4 rings (SSSR count). The number of hydrogen-bond donors (Lipinski definition) is 0. The number of rotatable bonds is 3. The van der Waals surface area contributed by atoms with Gasteiger partial charge in [0.25, 0.3) is 5.69 Å². The van der Waals surface area contributed by atoms with Gasteiger partial charge < -0.3 is 9.80 Å². The molecule has 0 spiro atoms. The molecule has 2 aliphatic rings. The van der Waals surface area contributed by atoms with E-state index in [0.29, 0.717) is 11.6 Å². The number of pyridine rings is 1. The molecule has 2 fully saturated rings. The van der Waals surface area contributed by atoms with E-state index in [-0.39, 0.29) is 10.6 Å². The van der Waals surface area contributed by atoms with E-state index in [1.807, 2.05) is 13.0 Å². The van der Waals surface area contributed by atoms with Crippen molar-refractivity contribution in [2.45, 2.75) is 38.6 Å². The Labute approximate surface area is 147 Å². The molecule has 1 aromatic carbocycles. The van der Waals surface area contributed by atoms with Crippen molar-refractivity contribution < 1.29 is 4.92 Å². The second-order valence-electron chi connectivity index (χ2n) is 7.17. The molecular formula is C19H24N4O2. The van der Waals surface area contributed by atoms with E-state index < -0.39 is 0 Å². The maximum Gasteiger partial charge on any atom is 0.295 e. The molecule has 2 saturated heterocycles. The Balaban J connectivity index is 1.63. The Morgan fingerprint density at radius 3 is 2.56 bits per heavy atom. The lowest BCUT2D eigenvalue weighted by atomic mass is 10.0. The van der Waals surface area contributed by atoms with Crippen LogP contribution in [0, 0.1) is 17.0 Å². The van der Waals surface area contributed by atoms with Crippen LogP contribution in [0.15, 0.2) is 24.3 Å². The number of benzene rings is 1. The summed E-state index contributed by atoms with van der Waals surface area (Å²) in [6.07, 6.45) is 4.99. The van der Waals surface area contributed by atoms with E-state index in [9.17, 15) is 10.1 Å². The molecule has 3 heterocycles. The van der Waals surface area contributed by atoms with Gasteiger partial charge in [-0.1, -0.05) is 12.1 Å². The van der Waals surface area contributed by atoms with Crippen molar-refractivity contribution in [2.24, 2.45) is 0 Å². The van der Waals surface area contributed by atoms with E-state index in [4.69, 9.17) is 0 Å². The largest absolute Gasteiger partial charge is 0.371 e. The first kappa shape index (κ1) is 16.3. The first-order valence-corrected chi connectivity index (χ1v) is 9.17. The van der Waals surface area contributed by atoms with Crippen molar-refractivity contribution in [1.82, 2.24) is 9.88 Å². The zero-order chi connectivity index (χ0) is 17.4. The zero-order valence-electron chi connectivity index (χ0n) is 14.6. The van der Waals surface area contributed by atoms with Crippen molar-refractivity contribution in [1.29, 1.82) is 0 Å². The first-order chi connectivity index (χ1) is 12.1. The Hall–Kier alpha value is -2.21. The molecule has 2 aliphatic heterocycles. The summed E-state index contributed by atoms with van der Waals surface area (Å²) in [5.41, 5.74) is 2.52. The van der Waals surface area contributed by atoms with Gasteiger partial charge in [-0.15, -0.1) is 0 Å². The van der Waals surface area contributed by atoms with Crippen molar-refractivity contribution in [3.8, 4) is 0 Å². The summed E-state index contributed by atoms with van der Waals surface area (Å²) in [6.45, 7) is 6.41. The van der Waals surface area contributed by atoms with E-state index in [2.05, 4.69) is 20.9 Å². The number of anilines is 1. The lowest BCUT2D eigenvalue weighted by Crippen LogP contribution is -2.44. The minimum Gasteiger partial charge on any atom is -0.371 e. The van der Waals surface area contributed by atoms with Gasteiger partial charge in [-0.25, -0.2) is 4.98 Å². The SMILES string of the molecule is Cc1cc(N2CCC(N3CCCC3)CC2)c2cccc([N+](=O)[O-])c2n1. The molecule has 0 bridgehead atoms. The second-order valence-corrected chi connectivity index (χ2v) is 7.17. The highest BCUT2D eigenvalue weighted by molar-refractivity contribution is 5.97. The van der Waals surface area contributed by atoms with Crippen LogP contribution in [-0.4, -0.2) is 47.0 Å². The van der Waals surface area contributed by atoms with Crippen LogP contribution in [0.5, 0.6) is 0 Å². The van der Waals surface area contributed by atoms with Crippen LogP contribution in [0.4, 0.5) is 11.4 Å². The van der Waals surface area contributed by atoms with Crippen molar-refractivity contribution in [3.63, 3.8) is 0 Å². The van der Waals surface area contributed by atoms with Crippen LogP contribution >= 0.6 is 0 Å². The number of fused-ring (bicyclic) bond motifs is 1. The average Bonchev–Trinajstić information content (AvgIpc) is 3.15. The predicted octanol–water partition coefficient (Wildman–Crippen LogP) is 3.52. The number of hydrogen-bond acceptors (Lipinski definition) is 5. The Morgan fingerprint density at radius 2 is 1.88 bits per heavy atom. The van der Waals surface area contributed by atoms with Crippen molar-refractivity contribution in [2.75, 3.05) is 31.1 Å². The van der Waals surface area contributed by atoms with Gasteiger partial charge in [-0.05, 0) is 51.8 Å². The molecular weight excluding hydrogens is 316 g/mol. The summed E-state index contributed by atoms with van der Waals surface area (Å²) in [4.78, 5) is 20.5. The van der Waals surface area contributed by atoms with Crippen molar-refractivity contribution >= 4 is 22.3 Å². The summed E-state index contributed by atoms with van der Waals surface area (Å²) < 4.78 is 0. The average molecular weight is 340 g/mol. The number of piperidine rings is 1. The van der Waals surface area contributed by atoms with Gasteiger partial charge in [0.15, 0.2) is 5.52 Å². The quantitative estimate of drug-likeness (QED) is 0.632. The number of likely N-dealkylation sites (tertiary alicyclic amines) is 1. The van der Waals surface area contributed by atoms with Gasteiger partial charge in [-0.3, -0.25) is 10.1 Å². The number of aromatic nitrogens is 1. The highest BCUT2D eigenvalue weighted by atomic mass is 16.6. The fraction of sp³-hybridized carbons (Fsp3) is 0.526. The molecule has 0 unspecified atom stereocenters. The third-order valence-corrected chi connectivity index (χ3v) is 5.58. The summed E-state index contributed by atoms with van der Waals surface area (Å²) in [6, 6.07) is 8.02. The normalized spacial score (nSPS) is 19.6. The van der Waals surface area contributed by atoms with Gasteiger partial charge in [0.2, 0.25) is 0 Å². The fourth-order valence-corrected chi connectivity index (χ4v) is 4.33. The molecule has 2 aromatic rings. The van der Waals surface area contributed by atoms with Gasteiger partial charge in [0, 0.05) is 42.0 Å². The zero-order valence-corrected chi connectivity index (χ0v) is 14.6. The number of non-ortho nitro benzene ring substituents is 1. The highest BCUT2D eigenvalue weighted by Crippen LogP contribution is 2.34.